The van der Waals surface area contributed by atoms with Gasteiger partial charge in [0.2, 0.25) is 0 Å². The molecule has 1 fully saturated rings. The van der Waals surface area contributed by atoms with Crippen LogP contribution in [0.4, 0.5) is 0 Å². The van der Waals surface area contributed by atoms with E-state index in [-0.39, 0.29) is 19.0 Å². The lowest BCUT2D eigenvalue weighted by Gasteiger charge is -2.44. The Morgan fingerprint density at radius 2 is 1.96 bits per heavy atom. The van der Waals surface area contributed by atoms with E-state index < -0.39 is 11.7 Å². The number of likely N-dealkylation sites (tertiary alicyclic amines) is 1. The Morgan fingerprint density at radius 3 is 2.61 bits per heavy atom. The Morgan fingerprint density at radius 1 is 1.29 bits per heavy atom. The molecule has 0 radical (unpaired) electrons. The van der Waals surface area contributed by atoms with Crippen LogP contribution >= 0.6 is 11.6 Å². The van der Waals surface area contributed by atoms with Gasteiger partial charge in [0.25, 0.3) is 5.91 Å². The molecule has 1 aliphatic rings. The maximum absolute atomic E-state index is 12.8. The second-order valence-corrected chi connectivity index (χ2v) is 7.74. The summed E-state index contributed by atoms with van der Waals surface area (Å²) in [4.78, 5) is 20.5. The van der Waals surface area contributed by atoms with Gasteiger partial charge in [0, 0.05) is 42.6 Å². The molecule has 28 heavy (non-hydrogen) atoms. The van der Waals surface area contributed by atoms with Crippen LogP contribution in [0.5, 0.6) is 0 Å². The van der Waals surface area contributed by atoms with E-state index in [1.165, 1.54) is 0 Å². The summed E-state index contributed by atoms with van der Waals surface area (Å²) in [6, 6.07) is 10.6. The van der Waals surface area contributed by atoms with Crippen molar-refractivity contribution in [1.29, 1.82) is 0 Å². The van der Waals surface area contributed by atoms with Gasteiger partial charge in [-0.3, -0.25) is 14.7 Å². The second-order valence-electron chi connectivity index (χ2n) is 7.30. The molecule has 1 aromatic heterocycles. The van der Waals surface area contributed by atoms with Crippen molar-refractivity contribution >= 4 is 17.5 Å². The molecule has 1 aliphatic heterocycles. The molecule has 0 unspecified atom stereocenters. The van der Waals surface area contributed by atoms with Crippen LogP contribution in [0.25, 0.3) is 0 Å². The highest BCUT2D eigenvalue weighted by Crippen LogP contribution is 2.25. The third kappa shape index (κ3) is 4.89. The number of aliphatic hydroxyl groups is 2. The predicted molar refractivity (Wildman–Crippen MR) is 108 cm³/mol. The fraction of sp³-hybridized carbons (Fsp3) is 0.429. The van der Waals surface area contributed by atoms with Gasteiger partial charge < -0.3 is 15.1 Å². The Bertz CT molecular complexity index is 787. The standard InChI is InChI=1S/C21H26ClN3O3/c1-2-24(13-16-7-10-23-11-8-16)14-21(28)15-25(12-9-19(21)26)20(27)17-3-5-18(22)6-4-17/h3-8,10-11,19,26,28H,2,9,12-15H2,1H3/t19-,21+/m0/s1. The number of pyridine rings is 1. The number of amides is 1. The van der Waals surface area contributed by atoms with Crippen LogP contribution in [0, 0.1) is 0 Å². The number of nitrogens with zero attached hydrogens (tertiary/aromatic N) is 3. The molecule has 1 saturated heterocycles. The van der Waals surface area contributed by atoms with Crippen molar-refractivity contribution in [3.05, 3.63) is 64.9 Å². The summed E-state index contributed by atoms with van der Waals surface area (Å²) in [7, 11) is 0. The fourth-order valence-corrected chi connectivity index (χ4v) is 3.70. The van der Waals surface area contributed by atoms with Crippen molar-refractivity contribution in [2.24, 2.45) is 0 Å². The van der Waals surface area contributed by atoms with Gasteiger partial charge in [-0.25, -0.2) is 0 Å². The maximum Gasteiger partial charge on any atom is 0.253 e. The average molecular weight is 404 g/mol. The highest BCUT2D eigenvalue weighted by atomic mass is 35.5. The van der Waals surface area contributed by atoms with Gasteiger partial charge in [0.05, 0.1) is 12.6 Å². The fourth-order valence-electron chi connectivity index (χ4n) is 3.58. The number of aromatic nitrogens is 1. The largest absolute Gasteiger partial charge is 0.390 e. The van der Waals surface area contributed by atoms with Crippen LogP contribution in [0.3, 0.4) is 0 Å². The first-order valence-electron chi connectivity index (χ1n) is 9.48. The molecule has 1 amide bonds. The number of hydrogen-bond acceptors (Lipinski definition) is 5. The summed E-state index contributed by atoms with van der Waals surface area (Å²) in [6.45, 7) is 4.12. The first-order valence-corrected chi connectivity index (χ1v) is 9.85. The highest BCUT2D eigenvalue weighted by Gasteiger charge is 2.43. The zero-order valence-corrected chi connectivity index (χ0v) is 16.7. The minimum absolute atomic E-state index is 0.0858. The predicted octanol–water partition coefficient (Wildman–Crippen LogP) is 2.19. The summed E-state index contributed by atoms with van der Waals surface area (Å²) in [5.41, 5.74) is 0.218. The first kappa shape index (κ1) is 20.7. The summed E-state index contributed by atoms with van der Waals surface area (Å²) >= 11 is 5.90. The number of halogens is 1. The Kier molecular flexibility index (Phi) is 6.67. The van der Waals surface area contributed by atoms with Crippen LogP contribution in [0.1, 0.15) is 29.3 Å². The lowest BCUT2D eigenvalue weighted by molar-refractivity contribution is -0.127. The van der Waals surface area contributed by atoms with Crippen LogP contribution in [0.15, 0.2) is 48.8 Å². The molecule has 3 rings (SSSR count). The van der Waals surface area contributed by atoms with E-state index in [1.807, 2.05) is 19.1 Å². The van der Waals surface area contributed by atoms with Crippen molar-refractivity contribution in [3.8, 4) is 0 Å². The monoisotopic (exact) mass is 403 g/mol. The van der Waals surface area contributed by atoms with Gasteiger partial charge in [-0.1, -0.05) is 18.5 Å². The van der Waals surface area contributed by atoms with Gasteiger partial charge in [0.1, 0.15) is 5.60 Å². The van der Waals surface area contributed by atoms with Crippen LogP contribution in [-0.2, 0) is 6.54 Å². The molecule has 7 heteroatoms. The molecule has 6 nitrogen and oxygen atoms in total. The Balaban J connectivity index is 1.71. The molecule has 2 heterocycles. The van der Waals surface area contributed by atoms with Gasteiger partial charge >= 0.3 is 0 Å². The smallest absolute Gasteiger partial charge is 0.253 e. The van der Waals surface area contributed by atoms with Crippen molar-refractivity contribution in [2.75, 3.05) is 26.2 Å². The van der Waals surface area contributed by atoms with Crippen molar-refractivity contribution in [2.45, 2.75) is 31.6 Å². The van der Waals surface area contributed by atoms with Crippen LogP contribution in [0.2, 0.25) is 5.02 Å². The summed E-state index contributed by atoms with van der Waals surface area (Å²) < 4.78 is 0. The lowest BCUT2D eigenvalue weighted by Crippen LogP contribution is -2.62. The summed E-state index contributed by atoms with van der Waals surface area (Å²) in [6.07, 6.45) is 2.93. The van der Waals surface area contributed by atoms with Crippen molar-refractivity contribution in [3.63, 3.8) is 0 Å². The molecule has 0 spiro atoms. The molecule has 0 saturated carbocycles. The minimum atomic E-state index is -1.39. The second kappa shape index (κ2) is 9.01. The molecular formula is C21H26ClN3O3. The number of rotatable bonds is 6. The van der Waals surface area contributed by atoms with E-state index in [0.29, 0.717) is 36.6 Å². The van der Waals surface area contributed by atoms with Gasteiger partial charge in [-0.15, -0.1) is 0 Å². The van der Waals surface area contributed by atoms with Gasteiger partial charge in [-0.2, -0.15) is 0 Å². The number of benzene rings is 1. The molecule has 2 atom stereocenters. The van der Waals surface area contributed by atoms with Gasteiger partial charge in [0.15, 0.2) is 0 Å². The van der Waals surface area contributed by atoms with Crippen LogP contribution in [-0.4, -0.2) is 68.8 Å². The van der Waals surface area contributed by atoms with E-state index >= 15 is 0 Å². The van der Waals surface area contributed by atoms with Crippen molar-refractivity contribution in [1.82, 2.24) is 14.8 Å². The topological polar surface area (TPSA) is 76.9 Å². The van der Waals surface area contributed by atoms with Gasteiger partial charge in [-0.05, 0) is 54.9 Å². The molecule has 0 aliphatic carbocycles. The molecule has 2 aromatic rings. The lowest BCUT2D eigenvalue weighted by atomic mass is 9.88. The molecule has 150 valence electrons. The zero-order chi connectivity index (χ0) is 20.1. The molecule has 0 bridgehead atoms. The normalized spacial score (nSPS) is 22.5. The maximum atomic E-state index is 12.8. The zero-order valence-electron chi connectivity index (χ0n) is 16.0. The number of likely N-dealkylation sites (N-methyl/N-ethyl adjacent to an activating group) is 1. The van der Waals surface area contributed by atoms with E-state index in [0.717, 1.165) is 5.56 Å². The highest BCUT2D eigenvalue weighted by molar-refractivity contribution is 6.30. The first-order chi connectivity index (χ1) is 13.4. The summed E-state index contributed by atoms with van der Waals surface area (Å²) in [5, 5.41) is 22.3. The Labute approximate surface area is 170 Å². The third-order valence-corrected chi connectivity index (χ3v) is 5.49. The third-order valence-electron chi connectivity index (χ3n) is 5.24. The number of hydrogen-bond donors (Lipinski definition) is 2. The number of carbonyl (C=O) groups is 1. The number of aliphatic hydroxyl groups excluding tert-OH is 1. The SMILES string of the molecule is CCN(Cc1ccncc1)C[C@@]1(O)CN(C(=O)c2ccc(Cl)cc2)CC[C@@H]1O. The molecular weight excluding hydrogens is 378 g/mol. The number of β-amino-alcohol motifs (C(OH)–C–C–N with tert-alkyl or cyclic N) is 1. The Hall–Kier alpha value is -1.99. The minimum Gasteiger partial charge on any atom is -0.390 e. The molecule has 1 aromatic carbocycles. The quantitative estimate of drug-likeness (QED) is 0.773. The molecule has 2 N–H and O–H groups in total. The van der Waals surface area contributed by atoms with E-state index in [1.54, 1.807) is 41.6 Å². The summed E-state index contributed by atoms with van der Waals surface area (Å²) in [5.74, 6) is -0.167. The van der Waals surface area contributed by atoms with E-state index in [2.05, 4.69) is 9.88 Å². The van der Waals surface area contributed by atoms with E-state index in [4.69, 9.17) is 11.6 Å². The number of carbonyl (C=O) groups excluding carboxylic acids is 1. The average Bonchev–Trinajstić information content (AvgIpc) is 2.70. The van der Waals surface area contributed by atoms with Crippen LogP contribution < -0.4 is 0 Å². The van der Waals surface area contributed by atoms with Crippen molar-refractivity contribution < 1.29 is 15.0 Å². The number of piperidine rings is 1. The van der Waals surface area contributed by atoms with E-state index in [9.17, 15) is 15.0 Å².